The second-order valence-electron chi connectivity index (χ2n) is 2.94. The molecule has 17 heavy (non-hydrogen) atoms. The first-order valence-corrected chi connectivity index (χ1v) is 5.24. The zero-order valence-corrected chi connectivity index (χ0v) is 9.14. The molecule has 0 aliphatic rings. The molecule has 0 saturated carbocycles. The number of aromatic amines is 1. The molecule has 0 amide bonds. The minimum atomic E-state index is -0.528. The number of nitro groups is 1. The third-order valence-corrected chi connectivity index (χ3v) is 2.84. The van der Waals surface area contributed by atoms with Crippen LogP contribution in [0.3, 0.4) is 0 Å². The third kappa shape index (κ3) is 2.40. The highest BCUT2D eigenvalue weighted by atomic mass is 32.2. The molecule has 1 heterocycles. The second kappa shape index (κ2) is 4.63. The quantitative estimate of drug-likeness (QED) is 0.653. The maximum Gasteiger partial charge on any atom is 0.284 e. The number of hydrogen-bond donors (Lipinski definition) is 1. The van der Waals surface area contributed by atoms with Crippen LogP contribution in [0.25, 0.3) is 0 Å². The highest BCUT2D eigenvalue weighted by Crippen LogP contribution is 2.33. The predicted octanol–water partition coefficient (Wildman–Crippen LogP) is 1.74. The van der Waals surface area contributed by atoms with Gasteiger partial charge >= 0.3 is 0 Å². The summed E-state index contributed by atoms with van der Waals surface area (Å²) in [6, 6.07) is 6.13. The summed E-state index contributed by atoms with van der Waals surface area (Å²) < 4.78 is 0. The summed E-state index contributed by atoms with van der Waals surface area (Å²) in [7, 11) is 0. The van der Waals surface area contributed by atoms with Gasteiger partial charge < -0.3 is 0 Å². The molecule has 1 aromatic carbocycles. The van der Waals surface area contributed by atoms with Gasteiger partial charge in [0.25, 0.3) is 5.69 Å². The minimum Gasteiger partial charge on any atom is -0.258 e. The zero-order valence-electron chi connectivity index (χ0n) is 8.32. The van der Waals surface area contributed by atoms with E-state index in [4.69, 9.17) is 5.26 Å². The van der Waals surface area contributed by atoms with Gasteiger partial charge in [-0.05, 0) is 23.9 Å². The van der Waals surface area contributed by atoms with E-state index in [1.807, 2.05) is 6.07 Å². The molecule has 0 bridgehead atoms. The van der Waals surface area contributed by atoms with Gasteiger partial charge in [-0.2, -0.15) is 10.4 Å². The lowest BCUT2D eigenvalue weighted by Crippen LogP contribution is -1.92. The van der Waals surface area contributed by atoms with Gasteiger partial charge in [-0.25, -0.2) is 4.98 Å². The van der Waals surface area contributed by atoms with Crippen LogP contribution >= 0.6 is 11.8 Å². The van der Waals surface area contributed by atoms with E-state index in [1.54, 1.807) is 0 Å². The number of rotatable bonds is 3. The van der Waals surface area contributed by atoms with Crippen molar-refractivity contribution < 1.29 is 4.92 Å². The first-order valence-electron chi connectivity index (χ1n) is 4.42. The Labute approximate surface area is 99.6 Å². The van der Waals surface area contributed by atoms with Crippen molar-refractivity contribution in [1.29, 1.82) is 5.26 Å². The smallest absolute Gasteiger partial charge is 0.258 e. The summed E-state index contributed by atoms with van der Waals surface area (Å²) >= 11 is 1.09. The van der Waals surface area contributed by atoms with E-state index in [2.05, 4.69) is 15.2 Å². The van der Waals surface area contributed by atoms with Crippen LogP contribution in [0.2, 0.25) is 0 Å². The van der Waals surface area contributed by atoms with Crippen molar-refractivity contribution in [2.75, 3.05) is 0 Å². The van der Waals surface area contributed by atoms with Crippen molar-refractivity contribution in [1.82, 2.24) is 15.2 Å². The Bertz CT molecular complexity index is 590. The number of hydrogen-bond acceptors (Lipinski definition) is 6. The van der Waals surface area contributed by atoms with E-state index < -0.39 is 4.92 Å². The van der Waals surface area contributed by atoms with Crippen LogP contribution in [0.5, 0.6) is 0 Å². The van der Waals surface area contributed by atoms with Gasteiger partial charge in [0.2, 0.25) is 0 Å². The van der Waals surface area contributed by atoms with E-state index in [0.29, 0.717) is 10.1 Å². The summed E-state index contributed by atoms with van der Waals surface area (Å²) in [4.78, 5) is 14.6. The minimum absolute atomic E-state index is 0.120. The van der Waals surface area contributed by atoms with Crippen LogP contribution in [0.15, 0.2) is 34.6 Å². The summed E-state index contributed by atoms with van der Waals surface area (Å²) in [5.41, 5.74) is 0.129. The van der Waals surface area contributed by atoms with Crippen molar-refractivity contribution in [3.05, 3.63) is 40.2 Å². The summed E-state index contributed by atoms with van der Waals surface area (Å²) in [5, 5.41) is 26.2. The molecule has 2 rings (SSSR count). The van der Waals surface area contributed by atoms with Crippen LogP contribution < -0.4 is 0 Å². The lowest BCUT2D eigenvalue weighted by atomic mass is 10.2. The number of nitro benzene ring substituents is 1. The number of H-pyrrole nitrogens is 1. The molecule has 1 N–H and O–H groups in total. The average Bonchev–Trinajstić information content (AvgIpc) is 2.82. The van der Waals surface area contributed by atoms with Gasteiger partial charge in [-0.3, -0.25) is 15.2 Å². The Morgan fingerprint density at radius 1 is 1.53 bits per heavy atom. The Hall–Kier alpha value is -2.40. The monoisotopic (exact) mass is 247 g/mol. The largest absolute Gasteiger partial charge is 0.284 e. The molecule has 84 valence electrons. The third-order valence-electron chi connectivity index (χ3n) is 1.88. The SMILES string of the molecule is N#Cc1ccc(Sc2ncn[nH]2)c([N+](=O)[O-])c1. The fourth-order valence-electron chi connectivity index (χ4n) is 1.16. The van der Waals surface area contributed by atoms with E-state index in [0.717, 1.165) is 11.8 Å². The van der Waals surface area contributed by atoms with Crippen LogP contribution in [-0.4, -0.2) is 20.1 Å². The predicted molar refractivity (Wildman–Crippen MR) is 58.3 cm³/mol. The standard InChI is InChI=1S/C9H5N5O2S/c10-4-6-1-2-8(7(3-6)14(15)16)17-9-11-5-12-13-9/h1-3,5H,(H,11,12,13). The normalized spacial score (nSPS) is 9.82. The number of nitrogens with zero attached hydrogens (tertiary/aromatic N) is 4. The van der Waals surface area contributed by atoms with Crippen LogP contribution in [0, 0.1) is 21.4 Å². The average molecular weight is 247 g/mol. The number of nitriles is 1. The van der Waals surface area contributed by atoms with Gasteiger partial charge in [0.1, 0.15) is 6.33 Å². The lowest BCUT2D eigenvalue weighted by Gasteiger charge is -2.00. The Kier molecular flexibility index (Phi) is 3.02. The van der Waals surface area contributed by atoms with Crippen molar-refractivity contribution in [2.45, 2.75) is 10.1 Å². The summed E-state index contributed by atoms with van der Waals surface area (Å²) in [6.07, 6.45) is 1.32. The maximum atomic E-state index is 10.9. The van der Waals surface area contributed by atoms with E-state index in [9.17, 15) is 10.1 Å². The highest BCUT2D eigenvalue weighted by molar-refractivity contribution is 7.99. The zero-order chi connectivity index (χ0) is 12.3. The van der Waals surface area contributed by atoms with Gasteiger partial charge in [0.05, 0.1) is 21.5 Å². The maximum absolute atomic E-state index is 10.9. The molecule has 1 aromatic heterocycles. The molecule has 0 unspecified atom stereocenters. The number of benzene rings is 1. The van der Waals surface area contributed by atoms with Crippen molar-refractivity contribution in [2.24, 2.45) is 0 Å². The highest BCUT2D eigenvalue weighted by Gasteiger charge is 2.16. The summed E-state index contributed by atoms with van der Waals surface area (Å²) in [5.74, 6) is 0. The topological polar surface area (TPSA) is 108 Å². The van der Waals surface area contributed by atoms with E-state index in [-0.39, 0.29) is 11.3 Å². The number of aromatic nitrogens is 3. The fourth-order valence-corrected chi connectivity index (χ4v) is 1.94. The molecule has 0 aliphatic heterocycles. The molecule has 0 radical (unpaired) electrons. The molecule has 7 nitrogen and oxygen atoms in total. The van der Waals surface area contributed by atoms with Gasteiger partial charge in [-0.15, -0.1) is 0 Å². The molecule has 0 saturated heterocycles. The molecule has 0 aliphatic carbocycles. The van der Waals surface area contributed by atoms with Crippen LogP contribution in [0.1, 0.15) is 5.56 Å². The van der Waals surface area contributed by atoms with Crippen LogP contribution in [0.4, 0.5) is 5.69 Å². The van der Waals surface area contributed by atoms with E-state index in [1.165, 1.54) is 24.5 Å². The van der Waals surface area contributed by atoms with Crippen molar-refractivity contribution >= 4 is 17.4 Å². The molecular weight excluding hydrogens is 242 g/mol. The summed E-state index contributed by atoms with van der Waals surface area (Å²) in [6.45, 7) is 0. The molecule has 8 heteroatoms. The fraction of sp³-hybridized carbons (Fsp3) is 0. The number of nitrogens with one attached hydrogen (secondary N) is 1. The van der Waals surface area contributed by atoms with Crippen LogP contribution in [-0.2, 0) is 0 Å². The molecule has 0 fully saturated rings. The van der Waals surface area contributed by atoms with Gasteiger partial charge in [0.15, 0.2) is 5.16 Å². The Morgan fingerprint density at radius 3 is 2.94 bits per heavy atom. The van der Waals surface area contributed by atoms with Crippen molar-refractivity contribution in [3.8, 4) is 6.07 Å². The molecule has 2 aromatic rings. The lowest BCUT2D eigenvalue weighted by molar-refractivity contribution is -0.387. The second-order valence-corrected chi connectivity index (χ2v) is 3.97. The molecule has 0 atom stereocenters. The van der Waals surface area contributed by atoms with Gasteiger partial charge in [-0.1, -0.05) is 0 Å². The van der Waals surface area contributed by atoms with Gasteiger partial charge in [0, 0.05) is 6.07 Å². The van der Waals surface area contributed by atoms with Crippen molar-refractivity contribution in [3.63, 3.8) is 0 Å². The first kappa shape index (κ1) is 11.1. The Morgan fingerprint density at radius 2 is 2.35 bits per heavy atom. The molecular formula is C9H5N5O2S. The first-order chi connectivity index (χ1) is 8.20. The molecule has 0 spiro atoms. The van der Waals surface area contributed by atoms with E-state index >= 15 is 0 Å². The Balaban J connectivity index is 2.40.